The zero-order valence-electron chi connectivity index (χ0n) is 51.3. The lowest BCUT2D eigenvalue weighted by molar-refractivity contribution is -0.142. The summed E-state index contributed by atoms with van der Waals surface area (Å²) in [6, 6.07) is 18.3. The molecule has 2 amide bonds. The second-order valence-electron chi connectivity index (χ2n) is 13.9. The minimum atomic E-state index is -3.50. The van der Waals surface area contributed by atoms with Crippen LogP contribution >= 0.6 is 0 Å². The Balaban J connectivity index is 0.000000198. The Morgan fingerprint density at radius 3 is 1.26 bits per heavy atom. The summed E-state index contributed by atoms with van der Waals surface area (Å²) in [5, 5.41) is 0.476. The molecule has 1 unspecified atom stereocenters. The summed E-state index contributed by atoms with van der Waals surface area (Å²) < 4.78 is 182. The number of nitrogen functional groups attached to an aromatic ring is 2. The van der Waals surface area contributed by atoms with Crippen molar-refractivity contribution in [3.8, 4) is 46.0 Å². The van der Waals surface area contributed by atoms with Crippen molar-refractivity contribution < 1.29 is 69.4 Å². The van der Waals surface area contributed by atoms with Gasteiger partial charge in [-0.1, -0.05) is 24.3 Å². The number of carbonyl (C=O) groups is 2. The van der Waals surface area contributed by atoms with Gasteiger partial charge in [-0.3, -0.25) is 9.59 Å². The number of hydrogen-bond donors (Lipinski definition) is 2. The third-order valence-electron chi connectivity index (χ3n) is 9.94. The van der Waals surface area contributed by atoms with Crippen molar-refractivity contribution in [1.82, 2.24) is 29.7 Å². The molecule has 4 N–H and O–H groups in total. The van der Waals surface area contributed by atoms with Crippen molar-refractivity contribution in [2.45, 2.75) is 12.2 Å². The molecule has 6 heterocycles. The average Bonchev–Trinajstić information content (AvgIpc) is 1.76. The first-order chi connectivity index (χ1) is 38.2. The summed E-state index contributed by atoms with van der Waals surface area (Å²) in [7, 11) is 5.52. The molecule has 0 bridgehead atoms. The molecule has 4 aromatic carbocycles. The monoisotopic (exact) mass is 918 g/mol. The standard InChI is InChI=1S/2C23H25N5O5/c2*1-30-18-11-14-15(12-19(18)31-2)25-23(26-21(14)24)28-9-7-27(8-10-28)22(29)20-13-32-16-5-3-4-6-17(16)33-20/h2*3-6,11-12,20H,7-10,13H2,1-2H3,(H2,24,25,26)/t20-;/m0./s1/i2*7D2,8D2,9D2,10D2. The van der Waals surface area contributed by atoms with Gasteiger partial charge in [-0.25, -0.2) is 9.97 Å². The fraction of sp³-hybridized carbons (Fsp3) is 0.348. The summed E-state index contributed by atoms with van der Waals surface area (Å²) in [6.45, 7) is -28.6. The molecule has 2 saturated heterocycles. The maximum absolute atomic E-state index is 13.6. The molecule has 0 saturated carbocycles. The van der Waals surface area contributed by atoms with E-state index in [9.17, 15) is 9.59 Å². The second-order valence-corrected chi connectivity index (χ2v) is 13.9. The van der Waals surface area contributed by atoms with Crippen LogP contribution < -0.4 is 59.2 Å². The van der Waals surface area contributed by atoms with Crippen LogP contribution in [0.15, 0.2) is 72.8 Å². The minimum absolute atomic E-state index is 0.0581. The van der Waals surface area contributed by atoms with Gasteiger partial charge in [-0.05, 0) is 36.4 Å². The summed E-state index contributed by atoms with van der Waals surface area (Å²) >= 11 is 0. The number of nitrogens with zero attached hydrogens (tertiary/aromatic N) is 8. The molecule has 2 atom stereocenters. The van der Waals surface area contributed by atoms with Crippen LogP contribution in [-0.4, -0.2) is 147 Å². The van der Waals surface area contributed by atoms with Crippen molar-refractivity contribution in [3.63, 3.8) is 0 Å². The number of piperazine rings is 2. The molecular formula is C46H50N10O10. The third-order valence-corrected chi connectivity index (χ3v) is 9.94. The Labute approximate surface area is 402 Å². The highest BCUT2D eigenvalue weighted by Crippen LogP contribution is 2.37. The molecule has 2 fully saturated rings. The zero-order valence-corrected chi connectivity index (χ0v) is 35.3. The minimum Gasteiger partial charge on any atom is -0.493 e. The van der Waals surface area contributed by atoms with E-state index in [1.165, 1.54) is 64.8 Å². The van der Waals surface area contributed by atoms with Gasteiger partial charge in [-0.15, -0.1) is 0 Å². The first-order valence-corrected chi connectivity index (χ1v) is 19.6. The number of aromatic nitrogens is 4. The maximum Gasteiger partial charge on any atom is 0.267 e. The van der Waals surface area contributed by atoms with Crippen LogP contribution in [0, 0.1) is 0 Å². The Morgan fingerprint density at radius 2 is 0.894 bits per heavy atom. The number of anilines is 4. The number of carbonyl (C=O) groups excluding carboxylic acids is 2. The quantitative estimate of drug-likeness (QED) is 0.223. The van der Waals surface area contributed by atoms with Crippen LogP contribution in [0.1, 0.15) is 21.9 Å². The van der Waals surface area contributed by atoms with Gasteiger partial charge in [-0.2, -0.15) is 9.97 Å². The number of benzene rings is 4. The predicted molar refractivity (Wildman–Crippen MR) is 244 cm³/mol. The van der Waals surface area contributed by atoms with Gasteiger partial charge >= 0.3 is 0 Å². The van der Waals surface area contributed by atoms with Crippen LogP contribution in [-0.2, 0) is 9.59 Å². The fourth-order valence-electron chi connectivity index (χ4n) is 6.64. The normalized spacial score (nSPS) is 27.4. The van der Waals surface area contributed by atoms with E-state index >= 15 is 0 Å². The highest BCUT2D eigenvalue weighted by Gasteiger charge is 2.35. The van der Waals surface area contributed by atoms with Crippen LogP contribution in [0.2, 0.25) is 0 Å². The van der Waals surface area contributed by atoms with E-state index < -0.39 is 101 Å². The highest BCUT2D eigenvalue weighted by molar-refractivity contribution is 5.93. The molecule has 0 spiro atoms. The van der Waals surface area contributed by atoms with E-state index in [4.69, 9.17) is 71.3 Å². The van der Waals surface area contributed by atoms with Crippen LogP contribution in [0.5, 0.6) is 46.0 Å². The highest BCUT2D eigenvalue weighted by atomic mass is 16.6. The van der Waals surface area contributed by atoms with Gasteiger partial charge in [0, 0.05) is 74.9 Å². The van der Waals surface area contributed by atoms with Crippen molar-refractivity contribution in [1.29, 1.82) is 0 Å². The number of rotatable bonds is 8. The molecule has 10 rings (SSSR count). The Morgan fingerprint density at radius 1 is 0.545 bits per heavy atom. The van der Waals surface area contributed by atoms with Gasteiger partial charge in [0.1, 0.15) is 24.8 Å². The SMILES string of the molecule is [2H]C1([2H])N(C(=O)C2COc3ccccc3O2)C([2H])([2H])C([2H])([2H])N(c2nc(N)c3cc(OC)c(OC)cc3n2)C1([2H])[2H].[2H]C1([2H])N(C(=O)[C@@H]2COc3ccccc3O2)C([2H])([2H])C([2H])([2H])N(c2nc(N)c3cc(OC)c(OC)cc3n2)C1([2H])[2H]. The molecular weight excluding hydrogens is 853 g/mol. The number of methoxy groups -OCH3 is 4. The molecule has 20 nitrogen and oxygen atoms in total. The Kier molecular flexibility index (Phi) is 7.95. The first-order valence-electron chi connectivity index (χ1n) is 27.6. The fourth-order valence-corrected chi connectivity index (χ4v) is 6.64. The van der Waals surface area contributed by atoms with Crippen molar-refractivity contribution in [3.05, 3.63) is 72.8 Å². The Bertz CT molecular complexity index is 3250. The largest absolute Gasteiger partial charge is 0.493 e. The van der Waals surface area contributed by atoms with Crippen LogP contribution in [0.4, 0.5) is 23.5 Å². The van der Waals surface area contributed by atoms with Gasteiger partial charge in [0.15, 0.2) is 46.0 Å². The molecule has 20 heteroatoms. The number of hydrogen-bond acceptors (Lipinski definition) is 18. The van der Waals surface area contributed by atoms with E-state index in [-0.39, 0.29) is 87.5 Å². The van der Waals surface area contributed by atoms with E-state index in [0.717, 1.165) is 0 Å². The van der Waals surface area contributed by atoms with Crippen molar-refractivity contribution >= 4 is 57.2 Å². The van der Waals surface area contributed by atoms with Crippen molar-refractivity contribution in [2.24, 2.45) is 0 Å². The third kappa shape index (κ3) is 8.68. The van der Waals surface area contributed by atoms with Gasteiger partial charge in [0.05, 0.1) is 61.4 Å². The van der Waals surface area contributed by atoms with Crippen molar-refractivity contribution in [2.75, 3.05) is 115 Å². The summed E-state index contributed by atoms with van der Waals surface area (Å²) in [5.74, 6) is -2.87. The van der Waals surface area contributed by atoms with Crippen LogP contribution in [0.3, 0.4) is 0 Å². The number of para-hydroxylation sites is 4. The van der Waals surface area contributed by atoms with E-state index in [2.05, 4.69) is 19.9 Å². The molecule has 6 aromatic rings. The summed E-state index contributed by atoms with van der Waals surface area (Å²) in [5.41, 5.74) is 12.3. The van der Waals surface area contributed by atoms with E-state index in [1.807, 2.05) is 0 Å². The van der Waals surface area contributed by atoms with Crippen LogP contribution in [0.25, 0.3) is 21.8 Å². The lowest BCUT2D eigenvalue weighted by atomic mass is 10.2. The smallest absolute Gasteiger partial charge is 0.267 e. The molecule has 0 radical (unpaired) electrons. The number of fused-ring (bicyclic) bond motifs is 4. The molecule has 0 aliphatic carbocycles. The molecule has 4 aliphatic heterocycles. The molecule has 2 aromatic heterocycles. The predicted octanol–water partition coefficient (Wildman–Crippen LogP) is 3.44. The topological polar surface area (TPSA) is 225 Å². The zero-order chi connectivity index (χ0) is 60.2. The number of ether oxygens (including phenoxy) is 8. The lowest BCUT2D eigenvalue weighted by Crippen LogP contribution is -2.54. The lowest BCUT2D eigenvalue weighted by Gasteiger charge is -2.37. The molecule has 66 heavy (non-hydrogen) atoms. The summed E-state index contributed by atoms with van der Waals surface area (Å²) in [6.07, 6.45) is -3.19. The number of nitrogens with two attached hydrogens (primary N) is 2. The molecule has 344 valence electrons. The Hall–Kier alpha value is -7.90. The number of amides is 2. The van der Waals surface area contributed by atoms with Gasteiger partial charge < -0.3 is 69.0 Å². The first kappa shape index (κ1) is 28.1. The molecule has 4 aliphatic rings. The summed E-state index contributed by atoms with van der Waals surface area (Å²) in [4.78, 5) is 43.5. The average molecular weight is 919 g/mol. The maximum atomic E-state index is 13.6. The van der Waals surface area contributed by atoms with E-state index in [1.54, 1.807) is 36.4 Å². The van der Waals surface area contributed by atoms with E-state index in [0.29, 0.717) is 11.5 Å². The van der Waals surface area contributed by atoms with Gasteiger partial charge in [0.2, 0.25) is 24.1 Å². The van der Waals surface area contributed by atoms with Gasteiger partial charge in [0.25, 0.3) is 11.8 Å². The second kappa shape index (κ2) is 18.7.